The third-order valence-corrected chi connectivity index (χ3v) is 3.88. The van der Waals surface area contributed by atoms with Crippen molar-refractivity contribution >= 4 is 26.4 Å². The van der Waals surface area contributed by atoms with Crippen molar-refractivity contribution in [3.05, 3.63) is 0 Å². The van der Waals surface area contributed by atoms with Crippen LogP contribution in [0.4, 0.5) is 0 Å². The molecule has 0 aromatic heterocycles. The first-order valence-corrected chi connectivity index (χ1v) is 6.93. The van der Waals surface area contributed by atoms with Gasteiger partial charge in [0.1, 0.15) is 0 Å². The molecule has 88 valence electrons. The number of hydrogen-bond donors (Lipinski definition) is 0. The van der Waals surface area contributed by atoms with Crippen LogP contribution in [0.2, 0.25) is 0 Å². The monoisotopic (exact) mass is 258 g/mol. The van der Waals surface area contributed by atoms with Gasteiger partial charge in [0.25, 0.3) is 0 Å². The average molecular weight is 258 g/mol. The van der Waals surface area contributed by atoms with Gasteiger partial charge < -0.3 is 0 Å². The Morgan fingerprint density at radius 2 is 1.27 bits per heavy atom. The SMILES string of the molecule is C=S1(=O)OCC2(CO1)COS(=O)(=O)OC2. The second-order valence-corrected chi connectivity index (χ2v) is 6.39. The summed E-state index contributed by atoms with van der Waals surface area (Å²) in [6, 6.07) is 0. The molecule has 0 unspecified atom stereocenters. The van der Waals surface area contributed by atoms with Crippen LogP contribution in [0.15, 0.2) is 0 Å². The van der Waals surface area contributed by atoms with E-state index in [2.05, 4.69) is 14.2 Å². The van der Waals surface area contributed by atoms with Crippen molar-refractivity contribution in [1.82, 2.24) is 0 Å². The fourth-order valence-electron chi connectivity index (χ4n) is 1.14. The summed E-state index contributed by atoms with van der Waals surface area (Å²) in [6.07, 6.45) is 0. The zero-order valence-corrected chi connectivity index (χ0v) is 9.34. The molecule has 7 nitrogen and oxygen atoms in total. The Hall–Kier alpha value is -0.190. The highest BCUT2D eigenvalue weighted by Gasteiger charge is 2.44. The van der Waals surface area contributed by atoms with Crippen LogP contribution in [0.5, 0.6) is 0 Å². The molecule has 0 radical (unpaired) electrons. The van der Waals surface area contributed by atoms with E-state index < -0.39 is 25.9 Å². The molecule has 2 rings (SSSR count). The topological polar surface area (TPSA) is 88.1 Å². The van der Waals surface area contributed by atoms with Crippen LogP contribution in [0.1, 0.15) is 0 Å². The van der Waals surface area contributed by atoms with Gasteiger partial charge in [-0.05, 0) is 0 Å². The van der Waals surface area contributed by atoms with Gasteiger partial charge in [0.15, 0.2) is 10.1 Å². The Morgan fingerprint density at radius 1 is 0.867 bits per heavy atom. The van der Waals surface area contributed by atoms with E-state index in [1.807, 2.05) is 0 Å². The van der Waals surface area contributed by atoms with Crippen LogP contribution in [0, 0.1) is 5.41 Å². The van der Waals surface area contributed by atoms with Crippen molar-refractivity contribution in [1.29, 1.82) is 0 Å². The van der Waals surface area contributed by atoms with E-state index in [1.165, 1.54) is 0 Å². The van der Waals surface area contributed by atoms with Crippen molar-refractivity contribution in [3.63, 3.8) is 0 Å². The first-order valence-electron chi connectivity index (χ1n) is 4.02. The zero-order valence-electron chi connectivity index (χ0n) is 7.71. The number of hydrogen-bond acceptors (Lipinski definition) is 7. The van der Waals surface area contributed by atoms with E-state index in [1.54, 1.807) is 0 Å². The normalized spacial score (nSPS) is 32.5. The summed E-state index contributed by atoms with van der Waals surface area (Å²) >= 11 is 0. The quantitative estimate of drug-likeness (QED) is 0.507. The fraction of sp³-hybridized carbons (Fsp3) is 0.833. The van der Waals surface area contributed by atoms with E-state index in [0.29, 0.717) is 0 Å². The maximum Gasteiger partial charge on any atom is 0.399 e. The second kappa shape index (κ2) is 3.40. The molecular weight excluding hydrogens is 248 g/mol. The molecule has 0 aromatic carbocycles. The molecule has 0 bridgehead atoms. The highest BCUT2D eigenvalue weighted by molar-refractivity contribution is 7.91. The third kappa shape index (κ3) is 2.49. The summed E-state index contributed by atoms with van der Waals surface area (Å²) in [5.74, 6) is 3.22. The number of rotatable bonds is 0. The Labute approximate surface area is 88.0 Å². The maximum atomic E-state index is 11.2. The molecule has 2 heterocycles. The van der Waals surface area contributed by atoms with Crippen molar-refractivity contribution in [3.8, 4) is 0 Å². The lowest BCUT2D eigenvalue weighted by Crippen LogP contribution is -2.50. The van der Waals surface area contributed by atoms with Gasteiger partial charge in [0.2, 0.25) is 0 Å². The lowest BCUT2D eigenvalue weighted by Gasteiger charge is -2.38. The minimum atomic E-state index is -3.88. The Kier molecular flexibility index (Phi) is 2.56. The van der Waals surface area contributed by atoms with Crippen molar-refractivity contribution in [2.45, 2.75) is 0 Å². The fourth-order valence-corrected chi connectivity index (χ4v) is 2.93. The van der Waals surface area contributed by atoms with Gasteiger partial charge in [0.05, 0.1) is 31.8 Å². The molecule has 2 aliphatic rings. The van der Waals surface area contributed by atoms with E-state index in [0.717, 1.165) is 0 Å². The Morgan fingerprint density at radius 3 is 1.73 bits per heavy atom. The summed E-state index contributed by atoms with van der Waals surface area (Å²) in [6.45, 7) is -0.147. The van der Waals surface area contributed by atoms with Crippen molar-refractivity contribution in [2.24, 2.45) is 5.41 Å². The molecule has 15 heavy (non-hydrogen) atoms. The highest BCUT2D eigenvalue weighted by Crippen LogP contribution is 2.30. The first-order chi connectivity index (χ1) is 6.83. The summed E-state index contributed by atoms with van der Waals surface area (Å²) in [7, 11) is -6.83. The molecule has 0 N–H and O–H groups in total. The molecule has 1 spiro atoms. The predicted octanol–water partition coefficient (Wildman–Crippen LogP) is -1.14. The summed E-state index contributed by atoms with van der Waals surface area (Å²) < 4.78 is 51.6. The van der Waals surface area contributed by atoms with Crippen LogP contribution in [0.25, 0.3) is 0 Å². The maximum absolute atomic E-state index is 11.2. The van der Waals surface area contributed by atoms with Gasteiger partial charge in [-0.15, -0.1) is 0 Å². The molecule has 0 saturated carbocycles. The predicted molar refractivity (Wildman–Crippen MR) is 50.4 cm³/mol. The smallest absolute Gasteiger partial charge is 0.277 e. The van der Waals surface area contributed by atoms with Crippen LogP contribution in [0.3, 0.4) is 0 Å². The van der Waals surface area contributed by atoms with Crippen LogP contribution >= 0.6 is 0 Å². The molecule has 0 atom stereocenters. The van der Waals surface area contributed by atoms with Gasteiger partial charge in [-0.3, -0.25) is 8.37 Å². The van der Waals surface area contributed by atoms with E-state index >= 15 is 0 Å². The van der Waals surface area contributed by atoms with Gasteiger partial charge >= 0.3 is 10.4 Å². The van der Waals surface area contributed by atoms with Crippen molar-refractivity contribution in [2.75, 3.05) is 26.4 Å². The van der Waals surface area contributed by atoms with Gasteiger partial charge in [0, 0.05) is 5.87 Å². The molecule has 2 saturated heterocycles. The largest absolute Gasteiger partial charge is 0.399 e. The van der Waals surface area contributed by atoms with Gasteiger partial charge in [-0.2, -0.15) is 8.42 Å². The minimum absolute atomic E-state index is 0.0326. The van der Waals surface area contributed by atoms with E-state index in [-0.39, 0.29) is 26.4 Å². The third-order valence-electron chi connectivity index (χ3n) is 2.11. The lowest BCUT2D eigenvalue weighted by molar-refractivity contribution is -0.0547. The molecule has 2 fully saturated rings. The highest BCUT2D eigenvalue weighted by atomic mass is 32.3. The zero-order chi connectivity index (χ0) is 11.2. The van der Waals surface area contributed by atoms with Gasteiger partial charge in [-0.25, -0.2) is 12.6 Å². The Bertz CT molecular complexity index is 372. The molecule has 9 heteroatoms. The van der Waals surface area contributed by atoms with E-state index in [9.17, 15) is 12.6 Å². The molecule has 0 amide bonds. The molecule has 2 aliphatic heterocycles. The van der Waals surface area contributed by atoms with Crippen LogP contribution in [-0.4, -0.2) is 44.9 Å². The van der Waals surface area contributed by atoms with Gasteiger partial charge in [-0.1, -0.05) is 0 Å². The Balaban J connectivity index is 2.07. The molecule has 0 aliphatic carbocycles. The van der Waals surface area contributed by atoms with Crippen LogP contribution in [-0.2, 0) is 37.2 Å². The average Bonchev–Trinajstić information content (AvgIpc) is 2.15. The van der Waals surface area contributed by atoms with Crippen LogP contribution < -0.4 is 0 Å². The van der Waals surface area contributed by atoms with Crippen molar-refractivity contribution < 1.29 is 29.4 Å². The molecular formula is C6H10O7S2. The standard InChI is InChI=1S/C6H10O7S2/c1-14(7)10-2-6(3-11-14)4-12-15(8,9)13-5-6/h1-5H2. The molecule has 0 aromatic rings. The second-order valence-electron chi connectivity index (χ2n) is 3.51. The van der Waals surface area contributed by atoms with E-state index in [4.69, 9.17) is 8.37 Å². The lowest BCUT2D eigenvalue weighted by atomic mass is 9.93. The summed E-state index contributed by atoms with van der Waals surface area (Å²) in [4.78, 5) is 0. The first kappa shape index (κ1) is 11.3. The minimum Gasteiger partial charge on any atom is -0.277 e. The summed E-state index contributed by atoms with van der Waals surface area (Å²) in [5, 5.41) is 0. The summed E-state index contributed by atoms with van der Waals surface area (Å²) in [5.41, 5.74) is -0.718.